The zero-order valence-electron chi connectivity index (χ0n) is 19.9. The minimum Gasteiger partial charge on any atom is -0.480 e. The molecule has 0 rings (SSSR count). The van der Waals surface area contributed by atoms with Crippen LogP contribution in [0.3, 0.4) is 0 Å². The molecule has 0 aromatic rings. The molecule has 0 aliphatic carbocycles. The Balaban J connectivity index is -0.00000121. The summed E-state index contributed by atoms with van der Waals surface area (Å²) in [6.07, 6.45) is 0.448. The van der Waals surface area contributed by atoms with Crippen LogP contribution in [-0.4, -0.2) is 76.4 Å². The van der Waals surface area contributed by atoms with Crippen LogP contribution in [0.15, 0.2) is 12.2 Å². The summed E-state index contributed by atoms with van der Waals surface area (Å²) in [6.45, 7) is 16.7. The quantitative estimate of drug-likeness (QED) is 0.112. The molecule has 0 amide bonds. The molecule has 0 spiro atoms. The van der Waals surface area contributed by atoms with E-state index in [9.17, 15) is 19.2 Å². The molecule has 1 unspecified atom stereocenters. The van der Waals surface area contributed by atoms with Gasteiger partial charge in [-0.2, -0.15) is 0 Å². The standard InChI is InChI=1S/C10H21O5Si2.2C2H7O2Si.Al.3Y/c1-9(2)10(11)14-7-6-8-17(5,13)15-16(3,4)12;2*1-5(2,3)4;;;;/h13H,1,6-8H2,2-5H3;2*3H,1-2H3;;;;/q3*-1;+3;;;. The van der Waals surface area contributed by atoms with Gasteiger partial charge in [-0.1, -0.05) is 6.58 Å². The topological polar surface area (TPSA) is 124 Å². The second kappa shape index (κ2) is 18.0. The number of carbonyl (C=O) groups excluding carboxylic acids is 1. The van der Waals surface area contributed by atoms with E-state index in [0.29, 0.717) is 18.0 Å². The molecular formula is C14H35AlO9Si4Y3. The number of hydrogen-bond acceptors (Lipinski definition) is 9. The van der Waals surface area contributed by atoms with Gasteiger partial charge < -0.3 is 33.7 Å². The van der Waals surface area contributed by atoms with E-state index in [1.54, 1.807) is 52.8 Å². The monoisotopic (exact) mass is 753 g/mol. The van der Waals surface area contributed by atoms with Gasteiger partial charge in [0.05, 0.1) is 6.61 Å². The fraction of sp³-hybridized carbons (Fsp3) is 0.786. The zero-order valence-corrected chi connectivity index (χ0v) is 33.6. The van der Waals surface area contributed by atoms with Gasteiger partial charge in [-0.25, -0.2) is 4.79 Å². The van der Waals surface area contributed by atoms with E-state index in [1.165, 1.54) is 0 Å². The molecular weight excluding hydrogens is 718 g/mol. The molecule has 0 aromatic carbocycles. The van der Waals surface area contributed by atoms with E-state index >= 15 is 0 Å². The fourth-order valence-corrected chi connectivity index (χ4v) is 15.6. The summed E-state index contributed by atoms with van der Waals surface area (Å²) < 4.78 is 28.1. The average Bonchev–Trinajstić information content (AvgIpc) is 2.36. The molecule has 0 aliphatic heterocycles. The van der Waals surface area contributed by atoms with E-state index in [-0.39, 0.29) is 105 Å². The molecule has 17 heteroatoms. The maximum absolute atomic E-state index is 11.4. The number of rotatable bonds is 13. The van der Waals surface area contributed by atoms with Crippen LogP contribution in [0.1, 0.15) is 13.3 Å². The van der Waals surface area contributed by atoms with Crippen LogP contribution in [0.4, 0.5) is 0 Å². The molecule has 3 N–H and O–H groups in total. The van der Waals surface area contributed by atoms with Crippen LogP contribution in [0, 0.1) is 0 Å². The summed E-state index contributed by atoms with van der Waals surface area (Å²) in [4.78, 5) is 42.1. The Labute approximate surface area is 271 Å². The molecule has 9 nitrogen and oxygen atoms in total. The van der Waals surface area contributed by atoms with Gasteiger partial charge in [0.1, 0.15) is 0 Å². The molecule has 173 valence electrons. The Morgan fingerprint density at radius 2 is 1.29 bits per heavy atom. The minimum atomic E-state index is -3.09. The number of esters is 1. The van der Waals surface area contributed by atoms with Crippen LogP contribution >= 0.6 is 0 Å². The largest absolute Gasteiger partial charge is 0.876 e. The van der Waals surface area contributed by atoms with Crippen LogP contribution in [-0.2, 0) is 122 Å². The molecule has 0 aromatic heterocycles. The molecule has 0 saturated heterocycles. The summed E-state index contributed by atoms with van der Waals surface area (Å²) in [7, 11) is -11.9. The van der Waals surface area contributed by atoms with Crippen LogP contribution in [0.2, 0.25) is 51.9 Å². The third-order valence-electron chi connectivity index (χ3n) is 2.98. The summed E-state index contributed by atoms with van der Waals surface area (Å²) in [5, 5.41) is 0. The second-order valence-electron chi connectivity index (χ2n) is 8.23. The second-order valence-corrected chi connectivity index (χ2v) is 23.9. The predicted molar refractivity (Wildman–Crippen MR) is 116 cm³/mol. The summed E-state index contributed by atoms with van der Waals surface area (Å²) in [6, 6.07) is 0.352. The third kappa shape index (κ3) is 25.1. The smallest absolute Gasteiger partial charge is 0.480 e. The number of carbonyl (C=O) groups is 1. The summed E-state index contributed by atoms with van der Waals surface area (Å²) in [5.74, 6) is -0.463. The normalized spacial score (nSPS) is 13.6. The first-order valence-corrected chi connectivity index (χ1v) is 21.6. The fourth-order valence-electron chi connectivity index (χ4n) is 2.07. The molecule has 0 saturated carbocycles. The maximum atomic E-state index is 11.4. The molecule has 1 atom stereocenters. The Morgan fingerprint density at radius 3 is 1.65 bits per heavy atom. The van der Waals surface area contributed by atoms with E-state index in [2.05, 4.69) is 6.58 Å². The Hall–Kier alpha value is 3.64. The molecule has 31 heavy (non-hydrogen) atoms. The van der Waals surface area contributed by atoms with E-state index < -0.39 is 55.4 Å². The first kappa shape index (κ1) is 41.8. The van der Waals surface area contributed by atoms with E-state index in [4.69, 9.17) is 19.3 Å². The van der Waals surface area contributed by atoms with Gasteiger partial charge in [0.25, 0.3) is 8.56 Å². The van der Waals surface area contributed by atoms with Crippen molar-refractivity contribution in [2.75, 3.05) is 6.61 Å². The van der Waals surface area contributed by atoms with Crippen LogP contribution < -0.4 is 0 Å². The molecule has 0 heterocycles. The first-order valence-electron chi connectivity index (χ1n) is 9.05. The van der Waals surface area contributed by atoms with Crippen molar-refractivity contribution in [2.24, 2.45) is 0 Å². The summed E-state index contributed by atoms with van der Waals surface area (Å²) >= 11 is -2.86. The van der Waals surface area contributed by atoms with Gasteiger partial charge in [-0.05, 0) is 65.2 Å². The van der Waals surface area contributed by atoms with Gasteiger partial charge in [0.2, 0.25) is 0 Å². The molecule has 0 fully saturated rings. The van der Waals surface area contributed by atoms with Crippen LogP contribution in [0.5, 0.6) is 0 Å². The SMILES string of the molecule is C=C(C)C(=O)OCCC[Si](C)(O)O[Si](C)(C)[O][Al]([O][Si](C)(C)O)[O][Si](C)(C)O.[Y].[Y].[Y]. The Bertz CT molecular complexity index is 530. The molecule has 0 aliphatic rings. The summed E-state index contributed by atoms with van der Waals surface area (Å²) in [5.41, 5.74) is 0.323. The van der Waals surface area contributed by atoms with Gasteiger partial charge >= 0.3 is 46.8 Å². The van der Waals surface area contributed by atoms with Crippen molar-refractivity contribution in [1.82, 2.24) is 0 Å². The van der Waals surface area contributed by atoms with Gasteiger partial charge in [0.15, 0.2) is 0 Å². The zero-order chi connectivity index (χ0) is 22.4. The van der Waals surface area contributed by atoms with Crippen molar-refractivity contribution in [3.05, 3.63) is 12.2 Å². The predicted octanol–water partition coefficient (Wildman–Crippen LogP) is 1.69. The van der Waals surface area contributed by atoms with Crippen molar-refractivity contribution in [3.63, 3.8) is 0 Å². The Kier molecular flexibility index (Phi) is 24.2. The number of ether oxygens (including phenoxy) is 1. The van der Waals surface area contributed by atoms with Crippen molar-refractivity contribution >= 4 is 55.4 Å². The van der Waals surface area contributed by atoms with Crippen molar-refractivity contribution in [2.45, 2.75) is 65.2 Å². The van der Waals surface area contributed by atoms with Gasteiger partial charge in [-0.3, -0.25) is 0 Å². The van der Waals surface area contributed by atoms with Crippen molar-refractivity contribution < 1.29 is 137 Å². The van der Waals surface area contributed by atoms with Crippen molar-refractivity contribution in [3.8, 4) is 0 Å². The number of hydrogen-bond donors (Lipinski definition) is 3. The van der Waals surface area contributed by atoms with E-state index in [0.717, 1.165) is 0 Å². The minimum absolute atomic E-state index is 0. The Morgan fingerprint density at radius 1 is 0.871 bits per heavy atom. The van der Waals surface area contributed by atoms with E-state index in [1.807, 2.05) is 0 Å². The maximum Gasteiger partial charge on any atom is 0.876 e. The van der Waals surface area contributed by atoms with Crippen LogP contribution in [0.25, 0.3) is 0 Å². The van der Waals surface area contributed by atoms with Gasteiger partial charge in [-0.15, -0.1) is 0 Å². The third-order valence-corrected chi connectivity index (χ3v) is 17.2. The van der Waals surface area contributed by atoms with Gasteiger partial charge in [0, 0.05) is 104 Å². The molecule has 0 bridgehead atoms. The first-order chi connectivity index (χ1) is 12.3. The average molecular weight is 753 g/mol. The molecule has 3 radical (unpaired) electrons. The van der Waals surface area contributed by atoms with Crippen molar-refractivity contribution in [1.29, 1.82) is 0 Å².